The predicted molar refractivity (Wildman–Crippen MR) is 49.5 cm³/mol. The van der Waals surface area contributed by atoms with Gasteiger partial charge in [0.15, 0.2) is 0 Å². The van der Waals surface area contributed by atoms with Crippen molar-refractivity contribution in [2.45, 2.75) is 0 Å². The average molecular weight is 179 g/mol. The molecule has 0 bridgehead atoms. The molecule has 0 aliphatic rings. The lowest BCUT2D eigenvalue weighted by atomic mass is 10.2. The predicted octanol–water partition coefficient (Wildman–Crippen LogP) is 2.99. The summed E-state index contributed by atoms with van der Waals surface area (Å²) in [7, 11) is 0. The van der Waals surface area contributed by atoms with E-state index in [-0.39, 0.29) is 0 Å². The molecule has 0 spiro atoms. The highest BCUT2D eigenvalue weighted by Crippen LogP contribution is 2.01. The topological polar surface area (TPSA) is 26.3 Å². The Morgan fingerprint density at radius 3 is 2.58 bits per heavy atom. The zero-order chi connectivity index (χ0) is 8.81. The third-order valence-corrected chi connectivity index (χ3v) is 1.32. The number of hydrogen-bond donors (Lipinski definition) is 0. The van der Waals surface area contributed by atoms with Crippen LogP contribution in [-0.2, 0) is 4.74 Å². The van der Waals surface area contributed by atoms with Crippen molar-refractivity contribution < 1.29 is 9.53 Å². The quantitative estimate of drug-likeness (QED) is 0.515. The summed E-state index contributed by atoms with van der Waals surface area (Å²) >= 11 is 4.18. The molecule has 0 fully saturated rings. The van der Waals surface area contributed by atoms with E-state index in [1.165, 1.54) is 6.26 Å². The van der Waals surface area contributed by atoms with Crippen LogP contribution in [0.3, 0.4) is 0 Å². The number of carbonyl (C=O) groups is 1. The van der Waals surface area contributed by atoms with Gasteiger partial charge >= 0.3 is 5.30 Å². The molecule has 0 atom stereocenters. The lowest BCUT2D eigenvalue weighted by Gasteiger charge is -1.90. The van der Waals surface area contributed by atoms with Gasteiger partial charge in [-0.15, -0.1) is 0 Å². The van der Waals surface area contributed by atoms with E-state index >= 15 is 0 Å². The summed E-state index contributed by atoms with van der Waals surface area (Å²) < 4.78 is 4.44. The molecule has 61 valence electrons. The second-order valence-electron chi connectivity index (χ2n) is 2.08. The van der Waals surface area contributed by atoms with E-state index in [1.54, 1.807) is 6.08 Å². The summed E-state index contributed by atoms with van der Waals surface area (Å²) in [5.74, 6) is 0. The number of rotatable bonds is 2. The van der Waals surface area contributed by atoms with Crippen LogP contribution in [0.15, 0.2) is 36.6 Å². The molecule has 0 saturated heterocycles. The van der Waals surface area contributed by atoms with Crippen molar-refractivity contribution in [2.24, 2.45) is 0 Å². The summed E-state index contributed by atoms with van der Waals surface area (Å²) in [6, 6.07) is 9.50. The first-order valence-electron chi connectivity index (χ1n) is 3.38. The minimum Gasteiger partial charge on any atom is -0.423 e. The molecule has 0 heterocycles. The minimum absolute atomic E-state index is 0.720. The summed E-state index contributed by atoms with van der Waals surface area (Å²) in [6.07, 6.45) is 2.95. The standard InChI is InChI=1S/C9H7O2S/c10-9(12)11-7-6-8-4-2-1-3-5-8/h1-7H. The number of benzene rings is 1. The molecule has 0 amide bonds. The van der Waals surface area contributed by atoms with E-state index in [1.807, 2.05) is 30.3 Å². The molecule has 2 nitrogen and oxygen atoms in total. The summed E-state index contributed by atoms with van der Waals surface area (Å²) in [5, 5.41) is -0.720. The van der Waals surface area contributed by atoms with Crippen molar-refractivity contribution in [1.29, 1.82) is 0 Å². The molecular formula is C9H7O2S. The van der Waals surface area contributed by atoms with E-state index in [9.17, 15) is 4.79 Å². The highest BCUT2D eigenvalue weighted by atomic mass is 32.1. The Kier molecular flexibility index (Phi) is 3.29. The molecule has 0 aromatic heterocycles. The third-order valence-electron chi connectivity index (χ3n) is 1.22. The average Bonchev–Trinajstić information content (AvgIpc) is 2.05. The SMILES string of the molecule is O=C([S])OC=Cc1ccccc1. The van der Waals surface area contributed by atoms with E-state index < -0.39 is 5.30 Å². The van der Waals surface area contributed by atoms with Crippen LogP contribution in [0.5, 0.6) is 0 Å². The van der Waals surface area contributed by atoms with Crippen LogP contribution in [0.25, 0.3) is 6.08 Å². The smallest absolute Gasteiger partial charge is 0.404 e. The van der Waals surface area contributed by atoms with E-state index in [0.29, 0.717) is 0 Å². The van der Waals surface area contributed by atoms with Gasteiger partial charge in [-0.25, -0.2) is 4.79 Å². The van der Waals surface area contributed by atoms with Gasteiger partial charge in [0, 0.05) is 12.6 Å². The number of ether oxygens (including phenoxy) is 1. The van der Waals surface area contributed by atoms with Crippen LogP contribution in [-0.4, -0.2) is 5.30 Å². The number of carbonyl (C=O) groups excluding carboxylic acids is 1. The van der Waals surface area contributed by atoms with Gasteiger partial charge in [0.25, 0.3) is 0 Å². The monoisotopic (exact) mass is 179 g/mol. The summed E-state index contributed by atoms with van der Waals surface area (Å²) in [4.78, 5) is 10.2. The first kappa shape index (κ1) is 8.74. The summed E-state index contributed by atoms with van der Waals surface area (Å²) in [5.41, 5.74) is 0.966. The van der Waals surface area contributed by atoms with Crippen molar-refractivity contribution in [3.8, 4) is 0 Å². The van der Waals surface area contributed by atoms with Gasteiger partial charge in [0.05, 0.1) is 6.26 Å². The van der Waals surface area contributed by atoms with Crippen LogP contribution in [0.1, 0.15) is 5.56 Å². The van der Waals surface area contributed by atoms with Gasteiger partial charge in [-0.3, -0.25) is 0 Å². The molecule has 0 saturated carbocycles. The Balaban J connectivity index is 2.52. The van der Waals surface area contributed by atoms with Gasteiger partial charge in [0.2, 0.25) is 0 Å². The van der Waals surface area contributed by atoms with Gasteiger partial charge < -0.3 is 4.74 Å². The Labute approximate surface area is 76.3 Å². The Hall–Kier alpha value is -1.35. The molecule has 1 aromatic rings. The van der Waals surface area contributed by atoms with Crippen LogP contribution in [0, 0.1) is 0 Å². The maximum absolute atomic E-state index is 10.2. The fourth-order valence-electron chi connectivity index (χ4n) is 0.732. The first-order valence-corrected chi connectivity index (χ1v) is 3.79. The van der Waals surface area contributed by atoms with Crippen molar-refractivity contribution in [1.82, 2.24) is 0 Å². The third kappa shape index (κ3) is 3.16. The van der Waals surface area contributed by atoms with Crippen LogP contribution in [0.2, 0.25) is 0 Å². The highest BCUT2D eigenvalue weighted by Gasteiger charge is 1.88. The maximum atomic E-state index is 10.2. The normalized spacial score (nSPS) is 10.0. The van der Waals surface area contributed by atoms with Crippen molar-refractivity contribution in [2.75, 3.05) is 0 Å². The molecule has 0 aliphatic heterocycles. The van der Waals surface area contributed by atoms with Crippen molar-refractivity contribution in [3.05, 3.63) is 42.2 Å². The van der Waals surface area contributed by atoms with Gasteiger partial charge in [0.1, 0.15) is 0 Å². The molecule has 3 heteroatoms. The fourth-order valence-corrected chi connectivity index (χ4v) is 0.788. The maximum Gasteiger partial charge on any atom is 0.404 e. The van der Waals surface area contributed by atoms with Gasteiger partial charge in [-0.1, -0.05) is 30.3 Å². The van der Waals surface area contributed by atoms with E-state index in [2.05, 4.69) is 17.4 Å². The largest absolute Gasteiger partial charge is 0.423 e. The van der Waals surface area contributed by atoms with Gasteiger partial charge in [-0.05, 0) is 11.6 Å². The van der Waals surface area contributed by atoms with Crippen molar-refractivity contribution in [3.63, 3.8) is 0 Å². The van der Waals surface area contributed by atoms with E-state index in [0.717, 1.165) is 5.56 Å². The zero-order valence-corrected chi connectivity index (χ0v) is 7.08. The molecule has 0 aliphatic carbocycles. The second kappa shape index (κ2) is 4.51. The highest BCUT2D eigenvalue weighted by molar-refractivity contribution is 7.96. The molecule has 1 aromatic carbocycles. The van der Waals surface area contributed by atoms with Crippen LogP contribution >= 0.6 is 12.6 Å². The molecule has 0 unspecified atom stereocenters. The lowest BCUT2D eigenvalue weighted by Crippen LogP contribution is -1.82. The Morgan fingerprint density at radius 1 is 1.33 bits per heavy atom. The lowest BCUT2D eigenvalue weighted by molar-refractivity contribution is 0.215. The summed E-state index contributed by atoms with van der Waals surface area (Å²) in [6.45, 7) is 0. The molecule has 0 N–H and O–H groups in total. The molecule has 12 heavy (non-hydrogen) atoms. The van der Waals surface area contributed by atoms with Crippen LogP contribution < -0.4 is 0 Å². The molecule has 1 rings (SSSR count). The fraction of sp³-hybridized carbons (Fsp3) is 0. The van der Waals surface area contributed by atoms with Crippen LogP contribution in [0.4, 0.5) is 4.79 Å². The molecular weight excluding hydrogens is 172 g/mol. The second-order valence-corrected chi connectivity index (χ2v) is 2.41. The first-order chi connectivity index (χ1) is 5.79. The number of hydrogen-bond acceptors (Lipinski definition) is 2. The zero-order valence-electron chi connectivity index (χ0n) is 6.27. The molecule has 1 radical (unpaired) electrons. The van der Waals surface area contributed by atoms with Gasteiger partial charge in [-0.2, -0.15) is 0 Å². The Bertz CT molecular complexity index is 280. The minimum atomic E-state index is -0.720. The van der Waals surface area contributed by atoms with Crippen molar-refractivity contribution >= 4 is 24.0 Å². The van der Waals surface area contributed by atoms with E-state index in [4.69, 9.17) is 0 Å². The Morgan fingerprint density at radius 2 is 2.00 bits per heavy atom.